The van der Waals surface area contributed by atoms with Gasteiger partial charge >= 0.3 is 0 Å². The van der Waals surface area contributed by atoms with E-state index in [9.17, 15) is 0 Å². The van der Waals surface area contributed by atoms with E-state index in [2.05, 4.69) is 11.9 Å². The predicted molar refractivity (Wildman–Crippen MR) is 74.3 cm³/mol. The number of thiocarbonyl (C=S) groups is 1. The normalized spacial score (nSPS) is 9.69. The highest BCUT2D eigenvalue weighted by Crippen LogP contribution is 2.11. The van der Waals surface area contributed by atoms with Crippen molar-refractivity contribution in [3.8, 4) is 0 Å². The second kappa shape index (κ2) is 5.94. The van der Waals surface area contributed by atoms with Gasteiger partial charge in [0.2, 0.25) is 0 Å². The maximum Gasteiger partial charge on any atom is 0.297 e. The quantitative estimate of drug-likeness (QED) is 0.387. The Morgan fingerprint density at radius 1 is 1.44 bits per heavy atom. The molecule has 0 bridgehead atoms. The number of thioether (sulfide) groups is 1. The van der Waals surface area contributed by atoms with E-state index in [4.69, 9.17) is 17.6 Å². The minimum atomic E-state index is 0.647. The zero-order valence-corrected chi connectivity index (χ0v) is 11.3. The van der Waals surface area contributed by atoms with Crippen LogP contribution in [0.5, 0.6) is 0 Å². The van der Waals surface area contributed by atoms with Crippen molar-refractivity contribution in [1.29, 1.82) is 5.41 Å². The lowest BCUT2D eigenvalue weighted by molar-refractivity contribution is -0.574. The molecule has 0 aromatic carbocycles. The van der Waals surface area contributed by atoms with E-state index in [1.165, 1.54) is 0 Å². The Hall–Kier alpha value is -0.960. The van der Waals surface area contributed by atoms with Crippen molar-refractivity contribution in [2.24, 2.45) is 0 Å². The van der Waals surface area contributed by atoms with Crippen molar-refractivity contribution in [2.45, 2.75) is 20.8 Å². The lowest BCUT2D eigenvalue weighted by Gasteiger charge is -2.01. The number of aryl methyl sites for hydroxylation is 2. The number of hydrogen-bond donors (Lipinski definition) is 1. The molecule has 84 valence electrons. The van der Waals surface area contributed by atoms with Gasteiger partial charge in [0.1, 0.15) is 0 Å². The smallest absolute Gasteiger partial charge is 0.253 e. The molecule has 0 saturated carbocycles. The third-order valence-electron chi connectivity index (χ3n) is 1.99. The first kappa shape index (κ1) is 13.1. The van der Waals surface area contributed by atoms with Crippen LogP contribution in [0, 0.1) is 19.3 Å². The molecule has 0 aliphatic heterocycles. The summed E-state index contributed by atoms with van der Waals surface area (Å²) in [5, 5.41) is 7.34. The van der Waals surface area contributed by atoms with Gasteiger partial charge in [-0.2, -0.15) is 4.57 Å². The van der Waals surface area contributed by atoms with Gasteiger partial charge in [-0.15, -0.1) is 11.8 Å². The van der Waals surface area contributed by atoms with Crippen molar-refractivity contribution in [1.82, 2.24) is 0 Å². The van der Waals surface area contributed by atoms with Crippen molar-refractivity contribution in [2.75, 3.05) is 5.75 Å². The minimum absolute atomic E-state index is 0.647. The van der Waals surface area contributed by atoms with Gasteiger partial charge in [-0.25, -0.2) is 0 Å². The molecule has 0 aliphatic carbocycles. The largest absolute Gasteiger partial charge is 0.297 e. The highest BCUT2D eigenvalue weighted by molar-refractivity contribution is 8.24. The van der Waals surface area contributed by atoms with E-state index >= 15 is 0 Å². The van der Waals surface area contributed by atoms with Crippen LogP contribution in [0.25, 0.3) is 5.70 Å². The molecule has 0 saturated heterocycles. The Morgan fingerprint density at radius 2 is 2.00 bits per heavy atom. The topological polar surface area (TPSA) is 27.7 Å². The van der Waals surface area contributed by atoms with E-state index in [1.807, 2.05) is 37.7 Å². The first-order chi connectivity index (χ1) is 7.58. The zero-order chi connectivity index (χ0) is 12.1. The Balaban J connectivity index is 3.15. The van der Waals surface area contributed by atoms with E-state index in [-0.39, 0.29) is 0 Å². The third kappa shape index (κ3) is 3.27. The van der Waals surface area contributed by atoms with Crippen LogP contribution in [-0.2, 0) is 0 Å². The second-order valence-corrected chi connectivity index (χ2v) is 5.43. The van der Waals surface area contributed by atoms with Gasteiger partial charge in [0.15, 0.2) is 16.6 Å². The van der Waals surface area contributed by atoms with Crippen molar-refractivity contribution in [3.63, 3.8) is 0 Å². The van der Waals surface area contributed by atoms with Gasteiger partial charge in [0, 0.05) is 11.1 Å². The Labute approximate surface area is 106 Å². The number of nitrogens with one attached hydrogen (secondary N) is 1. The summed E-state index contributed by atoms with van der Waals surface area (Å²) in [4.78, 5) is 0. The lowest BCUT2D eigenvalue weighted by atomic mass is 10.2. The van der Waals surface area contributed by atoms with Crippen molar-refractivity contribution < 1.29 is 4.57 Å². The molecule has 1 rings (SSSR count). The number of hydrogen-bond acceptors (Lipinski definition) is 3. The molecule has 0 radical (unpaired) electrons. The molecule has 1 heterocycles. The molecule has 4 heteroatoms. The van der Waals surface area contributed by atoms with E-state index < -0.39 is 0 Å². The number of aromatic nitrogens is 1. The molecule has 0 fully saturated rings. The zero-order valence-electron chi connectivity index (χ0n) is 9.70. The van der Waals surface area contributed by atoms with Crippen LogP contribution in [0.15, 0.2) is 18.5 Å². The SMILES string of the molecule is CCSC(=S)C(=C=N)[n+]1cc(C)cc(C)c1. The summed E-state index contributed by atoms with van der Waals surface area (Å²) < 4.78 is 2.59. The van der Waals surface area contributed by atoms with Crippen molar-refractivity contribution in [3.05, 3.63) is 29.6 Å². The van der Waals surface area contributed by atoms with Gasteiger partial charge in [-0.3, -0.25) is 5.41 Å². The molecule has 1 N–H and O–H groups in total. The predicted octanol–water partition coefficient (Wildman–Crippen LogP) is 2.76. The van der Waals surface area contributed by atoms with E-state index in [1.54, 1.807) is 11.8 Å². The number of nitrogens with zero attached hydrogens (tertiary/aromatic N) is 1. The summed E-state index contributed by atoms with van der Waals surface area (Å²) in [7, 11) is 0. The van der Waals surface area contributed by atoms with Crippen LogP contribution in [0.2, 0.25) is 0 Å². The van der Waals surface area contributed by atoms with Crippen LogP contribution in [0.1, 0.15) is 18.1 Å². The molecular weight excluding hydrogens is 236 g/mol. The molecule has 0 amide bonds. The fourth-order valence-corrected chi connectivity index (χ4v) is 2.52. The Kier molecular flexibility index (Phi) is 4.87. The molecule has 16 heavy (non-hydrogen) atoms. The fourth-order valence-electron chi connectivity index (χ4n) is 1.46. The average Bonchev–Trinajstić information content (AvgIpc) is 2.17. The highest BCUT2D eigenvalue weighted by Gasteiger charge is 2.16. The van der Waals surface area contributed by atoms with Gasteiger partial charge in [-0.1, -0.05) is 19.1 Å². The number of pyridine rings is 1. The van der Waals surface area contributed by atoms with Gasteiger partial charge in [-0.05, 0) is 25.7 Å². The summed E-state index contributed by atoms with van der Waals surface area (Å²) >= 11 is 6.83. The monoisotopic (exact) mass is 251 g/mol. The Morgan fingerprint density at radius 3 is 2.44 bits per heavy atom. The fraction of sp³-hybridized carbons (Fsp3) is 0.333. The molecule has 1 aromatic heterocycles. The van der Waals surface area contributed by atoms with Crippen LogP contribution in [-0.4, -0.2) is 15.8 Å². The van der Waals surface area contributed by atoms with E-state index in [0.717, 1.165) is 16.9 Å². The number of rotatable bonds is 3. The molecule has 1 aromatic rings. The standard InChI is InChI=1S/C12H15N2S2/c1-4-16-12(15)11(6-13)14-7-9(2)5-10(3)8-14/h5,7-8,13H,4H2,1-3H3/q+1. The second-order valence-electron chi connectivity index (χ2n) is 3.49. The molecule has 0 atom stereocenters. The molecule has 0 spiro atoms. The summed E-state index contributed by atoms with van der Waals surface area (Å²) in [5.74, 6) is 3.34. The first-order valence-electron chi connectivity index (χ1n) is 5.05. The Bertz CT molecular complexity index is 440. The van der Waals surface area contributed by atoms with Gasteiger partial charge < -0.3 is 0 Å². The van der Waals surface area contributed by atoms with Gasteiger partial charge in [0.25, 0.3) is 5.70 Å². The van der Waals surface area contributed by atoms with Crippen LogP contribution in [0.4, 0.5) is 0 Å². The summed E-state index contributed by atoms with van der Waals surface area (Å²) in [6.07, 6.45) is 3.93. The highest BCUT2D eigenvalue weighted by atomic mass is 32.2. The summed E-state index contributed by atoms with van der Waals surface area (Å²) in [6.45, 7) is 6.10. The molecule has 0 aliphatic rings. The van der Waals surface area contributed by atoms with Crippen molar-refractivity contribution >= 4 is 39.7 Å². The molecule has 0 unspecified atom stereocenters. The lowest BCUT2D eigenvalue weighted by Crippen LogP contribution is -2.35. The molecule has 2 nitrogen and oxygen atoms in total. The van der Waals surface area contributed by atoms with Gasteiger partial charge in [0.05, 0.1) is 5.87 Å². The summed E-state index contributed by atoms with van der Waals surface area (Å²) in [6, 6.07) is 2.09. The average molecular weight is 251 g/mol. The van der Waals surface area contributed by atoms with Crippen LogP contribution in [0.3, 0.4) is 0 Å². The van der Waals surface area contributed by atoms with Crippen LogP contribution >= 0.6 is 24.0 Å². The first-order valence-corrected chi connectivity index (χ1v) is 6.44. The summed E-state index contributed by atoms with van der Waals surface area (Å²) in [5.41, 5.74) is 2.95. The molecular formula is C12H15N2S2+. The minimum Gasteiger partial charge on any atom is -0.253 e. The third-order valence-corrected chi connectivity index (χ3v) is 3.28. The maximum absolute atomic E-state index is 7.34. The maximum atomic E-state index is 7.34. The van der Waals surface area contributed by atoms with Crippen LogP contribution < -0.4 is 4.57 Å². The van der Waals surface area contributed by atoms with E-state index in [0.29, 0.717) is 9.89 Å².